The molecule has 0 amide bonds. The summed E-state index contributed by atoms with van der Waals surface area (Å²) in [5.74, 6) is -0.877. The number of aryl methyl sites for hydroxylation is 1. The van der Waals surface area contributed by atoms with Crippen molar-refractivity contribution in [1.82, 2.24) is 4.57 Å². The van der Waals surface area contributed by atoms with Crippen LogP contribution in [0.25, 0.3) is 6.08 Å². The van der Waals surface area contributed by atoms with Gasteiger partial charge in [-0.05, 0) is 18.6 Å². The molecule has 1 N–H and O–H groups in total. The third-order valence-electron chi connectivity index (χ3n) is 2.47. The maximum atomic E-state index is 11.8. The Kier molecular flexibility index (Phi) is 2.41. The zero-order valence-corrected chi connectivity index (χ0v) is 8.14. The molecule has 0 saturated heterocycles. The van der Waals surface area contributed by atoms with Gasteiger partial charge in [0.2, 0.25) is 0 Å². The summed E-state index contributed by atoms with van der Waals surface area (Å²) in [6, 6.07) is 3.56. The largest absolute Gasteiger partial charge is 0.481 e. The van der Waals surface area contributed by atoms with Gasteiger partial charge in [0.15, 0.2) is 0 Å². The highest BCUT2D eigenvalue weighted by Gasteiger charge is 2.10. The lowest BCUT2D eigenvalue weighted by molar-refractivity contribution is -0.136. The van der Waals surface area contributed by atoms with Crippen molar-refractivity contribution in [2.24, 2.45) is 0 Å². The first-order chi connectivity index (χ1) is 7.18. The van der Waals surface area contributed by atoms with Crippen molar-refractivity contribution in [2.75, 3.05) is 0 Å². The third kappa shape index (κ3) is 1.83. The van der Waals surface area contributed by atoms with Crippen LogP contribution in [0.15, 0.2) is 23.0 Å². The molecule has 2 heterocycles. The van der Waals surface area contributed by atoms with E-state index >= 15 is 0 Å². The van der Waals surface area contributed by atoms with Crippen molar-refractivity contribution in [1.29, 1.82) is 0 Å². The molecule has 4 heteroatoms. The number of nitrogens with zero attached hydrogens (tertiary/aromatic N) is 1. The van der Waals surface area contributed by atoms with Gasteiger partial charge in [-0.15, -0.1) is 0 Å². The van der Waals surface area contributed by atoms with Gasteiger partial charge in [-0.2, -0.15) is 0 Å². The van der Waals surface area contributed by atoms with Crippen LogP contribution in [-0.4, -0.2) is 15.6 Å². The van der Waals surface area contributed by atoms with E-state index in [2.05, 4.69) is 0 Å². The molecule has 0 radical (unpaired) electrons. The summed E-state index contributed by atoms with van der Waals surface area (Å²) >= 11 is 0. The minimum absolute atomic E-state index is 0.00200. The maximum Gasteiger partial charge on any atom is 0.303 e. The SMILES string of the molecule is O=C(O)CCc1ccc2n(c1=O)CC=C2. The summed E-state index contributed by atoms with van der Waals surface area (Å²) in [7, 11) is 0. The van der Waals surface area contributed by atoms with Gasteiger partial charge in [-0.3, -0.25) is 9.59 Å². The van der Waals surface area contributed by atoms with Crippen LogP contribution in [0.2, 0.25) is 0 Å². The van der Waals surface area contributed by atoms with Gasteiger partial charge in [0, 0.05) is 24.2 Å². The van der Waals surface area contributed by atoms with E-state index in [1.807, 2.05) is 18.2 Å². The van der Waals surface area contributed by atoms with Gasteiger partial charge >= 0.3 is 5.97 Å². The van der Waals surface area contributed by atoms with E-state index in [4.69, 9.17) is 5.11 Å². The highest BCUT2D eigenvalue weighted by molar-refractivity contribution is 5.67. The van der Waals surface area contributed by atoms with Crippen LogP contribution in [0.1, 0.15) is 17.7 Å². The van der Waals surface area contributed by atoms with Crippen LogP contribution in [0, 0.1) is 0 Å². The molecule has 0 spiro atoms. The molecule has 1 aliphatic rings. The first-order valence-corrected chi connectivity index (χ1v) is 4.79. The lowest BCUT2D eigenvalue weighted by atomic mass is 10.1. The zero-order chi connectivity index (χ0) is 10.8. The van der Waals surface area contributed by atoms with Crippen LogP contribution in [-0.2, 0) is 17.8 Å². The molecule has 0 aromatic carbocycles. The fourth-order valence-electron chi connectivity index (χ4n) is 1.68. The van der Waals surface area contributed by atoms with Crippen molar-refractivity contribution in [3.63, 3.8) is 0 Å². The van der Waals surface area contributed by atoms with Gasteiger partial charge in [-0.1, -0.05) is 12.1 Å². The second kappa shape index (κ2) is 3.73. The molecule has 0 unspecified atom stereocenters. The van der Waals surface area contributed by atoms with Crippen molar-refractivity contribution in [3.05, 3.63) is 39.8 Å². The van der Waals surface area contributed by atoms with Crippen LogP contribution < -0.4 is 5.56 Å². The predicted molar refractivity (Wildman–Crippen MR) is 55.7 cm³/mol. The van der Waals surface area contributed by atoms with Crippen molar-refractivity contribution in [3.8, 4) is 0 Å². The van der Waals surface area contributed by atoms with E-state index in [9.17, 15) is 9.59 Å². The molecule has 0 atom stereocenters. The average Bonchev–Trinajstić information content (AvgIpc) is 2.65. The molecule has 0 fully saturated rings. The number of carboxylic acid groups (broad SMARTS) is 1. The van der Waals surface area contributed by atoms with Crippen LogP contribution in [0.3, 0.4) is 0 Å². The van der Waals surface area contributed by atoms with Crippen molar-refractivity contribution >= 4 is 12.0 Å². The lowest BCUT2D eigenvalue weighted by Crippen LogP contribution is -2.23. The van der Waals surface area contributed by atoms with E-state index in [1.54, 1.807) is 10.6 Å². The number of aliphatic carboxylic acids is 1. The number of fused-ring (bicyclic) bond motifs is 1. The Bertz CT molecular complexity index is 485. The highest BCUT2D eigenvalue weighted by atomic mass is 16.4. The summed E-state index contributed by atoms with van der Waals surface area (Å²) < 4.78 is 1.65. The fourth-order valence-corrected chi connectivity index (χ4v) is 1.68. The highest BCUT2D eigenvalue weighted by Crippen LogP contribution is 2.09. The molecule has 0 saturated carbocycles. The Balaban J connectivity index is 2.28. The first kappa shape index (κ1) is 9.71. The third-order valence-corrected chi connectivity index (χ3v) is 2.47. The Labute approximate surface area is 86.5 Å². The minimum Gasteiger partial charge on any atom is -0.481 e. The van der Waals surface area contributed by atoms with Crippen molar-refractivity contribution < 1.29 is 9.90 Å². The fraction of sp³-hybridized carbons (Fsp3) is 0.273. The first-order valence-electron chi connectivity index (χ1n) is 4.79. The van der Waals surface area contributed by atoms with E-state index in [0.717, 1.165) is 5.69 Å². The molecule has 78 valence electrons. The second-order valence-electron chi connectivity index (χ2n) is 3.50. The average molecular weight is 205 g/mol. The van der Waals surface area contributed by atoms with E-state index < -0.39 is 5.97 Å². The number of allylic oxidation sites excluding steroid dienone is 1. The Morgan fingerprint density at radius 1 is 1.47 bits per heavy atom. The normalized spacial score (nSPS) is 12.8. The number of hydrogen-bond donors (Lipinski definition) is 1. The molecule has 1 aromatic rings. The van der Waals surface area contributed by atoms with Gasteiger partial charge in [-0.25, -0.2) is 0 Å². The van der Waals surface area contributed by atoms with E-state index in [-0.39, 0.29) is 12.0 Å². The van der Waals surface area contributed by atoms with Gasteiger partial charge in [0.1, 0.15) is 0 Å². The molecule has 1 aliphatic heterocycles. The van der Waals surface area contributed by atoms with Crippen LogP contribution in [0.4, 0.5) is 0 Å². The molecule has 4 nitrogen and oxygen atoms in total. The molecule has 0 bridgehead atoms. The van der Waals surface area contributed by atoms with Crippen LogP contribution in [0.5, 0.6) is 0 Å². The molecule has 15 heavy (non-hydrogen) atoms. The predicted octanol–water partition coefficient (Wildman–Crippen LogP) is 0.892. The molecular weight excluding hydrogens is 194 g/mol. The summed E-state index contributed by atoms with van der Waals surface area (Å²) in [5.41, 5.74) is 1.39. The van der Waals surface area contributed by atoms with Gasteiger partial charge in [0.05, 0.1) is 0 Å². The van der Waals surface area contributed by atoms with Crippen molar-refractivity contribution in [2.45, 2.75) is 19.4 Å². The summed E-state index contributed by atoms with van der Waals surface area (Å²) in [6.07, 6.45) is 4.11. The summed E-state index contributed by atoms with van der Waals surface area (Å²) in [5, 5.41) is 8.54. The molecular formula is C11H11NO3. The van der Waals surface area contributed by atoms with E-state index in [0.29, 0.717) is 18.5 Å². The quantitative estimate of drug-likeness (QED) is 0.797. The number of rotatable bonds is 3. The van der Waals surface area contributed by atoms with Gasteiger partial charge in [0.25, 0.3) is 5.56 Å². The Hall–Kier alpha value is -1.84. The van der Waals surface area contributed by atoms with E-state index in [1.165, 1.54) is 0 Å². The summed E-state index contributed by atoms with van der Waals surface area (Å²) in [4.78, 5) is 22.2. The standard InChI is InChI=1S/C11H11NO3/c13-10(14)6-4-8-3-5-9-2-1-7-12(9)11(8)15/h1-3,5H,4,6-7H2,(H,13,14). The second-order valence-corrected chi connectivity index (χ2v) is 3.50. The molecule has 2 rings (SSSR count). The molecule has 0 aliphatic carbocycles. The summed E-state index contributed by atoms with van der Waals surface area (Å²) in [6.45, 7) is 0.592. The topological polar surface area (TPSA) is 59.3 Å². The number of aromatic nitrogens is 1. The van der Waals surface area contributed by atoms with Gasteiger partial charge < -0.3 is 9.67 Å². The maximum absolute atomic E-state index is 11.8. The number of hydrogen-bond acceptors (Lipinski definition) is 2. The number of carboxylic acids is 1. The minimum atomic E-state index is -0.877. The lowest BCUT2D eigenvalue weighted by Gasteiger charge is -2.05. The Morgan fingerprint density at radius 2 is 2.27 bits per heavy atom. The molecule has 1 aromatic heterocycles. The Morgan fingerprint density at radius 3 is 3.00 bits per heavy atom. The zero-order valence-electron chi connectivity index (χ0n) is 8.14. The smallest absolute Gasteiger partial charge is 0.303 e. The van der Waals surface area contributed by atoms with Crippen LogP contribution >= 0.6 is 0 Å². The monoisotopic (exact) mass is 205 g/mol. The number of pyridine rings is 1. The number of carbonyl (C=O) groups is 1.